The van der Waals surface area contributed by atoms with Crippen LogP contribution in [0.1, 0.15) is 40.5 Å². The fourth-order valence-electron chi connectivity index (χ4n) is 0.904. The van der Waals surface area contributed by atoms with Crippen LogP contribution in [0.15, 0.2) is 0 Å². The summed E-state index contributed by atoms with van der Waals surface area (Å²) in [4.78, 5) is 11.3. The quantitative estimate of drug-likeness (QED) is 0.679. The van der Waals surface area contributed by atoms with Gasteiger partial charge in [-0.25, -0.2) is 0 Å². The lowest BCUT2D eigenvalue weighted by Gasteiger charge is -2.20. The van der Waals surface area contributed by atoms with Crippen molar-refractivity contribution in [3.63, 3.8) is 0 Å². The van der Waals surface area contributed by atoms with Gasteiger partial charge in [-0.05, 0) is 6.42 Å². The summed E-state index contributed by atoms with van der Waals surface area (Å²) in [7, 11) is 0. The molecule has 0 fully saturated rings. The summed E-state index contributed by atoms with van der Waals surface area (Å²) in [6.07, 6.45) is 0.666. The molecule has 66 valence electrons. The number of aliphatic hydroxyl groups is 1. The van der Waals surface area contributed by atoms with Crippen LogP contribution in [0.25, 0.3) is 0 Å². The van der Waals surface area contributed by atoms with Gasteiger partial charge in [0.2, 0.25) is 0 Å². The highest BCUT2D eigenvalue weighted by molar-refractivity contribution is 5.87. The molecular weight excluding hydrogens is 140 g/mol. The topological polar surface area (TPSA) is 37.3 Å². The normalized spacial score (nSPS) is 14.6. The van der Waals surface area contributed by atoms with Crippen molar-refractivity contribution in [2.24, 2.45) is 5.41 Å². The Morgan fingerprint density at radius 2 is 1.91 bits per heavy atom. The maximum atomic E-state index is 11.3. The van der Waals surface area contributed by atoms with Crippen molar-refractivity contribution in [2.75, 3.05) is 0 Å². The number of hydrogen-bond donors (Lipinski definition) is 1. The smallest absolute Gasteiger partial charge is 0.166 e. The van der Waals surface area contributed by atoms with Crippen LogP contribution in [0.2, 0.25) is 0 Å². The fourth-order valence-corrected chi connectivity index (χ4v) is 0.904. The molecule has 0 aromatic carbocycles. The lowest BCUT2D eigenvalue weighted by Crippen LogP contribution is -2.32. The van der Waals surface area contributed by atoms with Crippen molar-refractivity contribution in [3.05, 3.63) is 0 Å². The second-order valence-corrected chi connectivity index (χ2v) is 3.92. The van der Waals surface area contributed by atoms with E-state index in [0.717, 1.165) is 6.42 Å². The average molecular weight is 158 g/mol. The van der Waals surface area contributed by atoms with Gasteiger partial charge in [0.05, 0.1) is 0 Å². The minimum atomic E-state index is -0.764. The van der Waals surface area contributed by atoms with E-state index in [1.165, 1.54) is 0 Å². The van der Waals surface area contributed by atoms with E-state index in [-0.39, 0.29) is 5.78 Å². The van der Waals surface area contributed by atoms with Gasteiger partial charge in [0.1, 0.15) is 6.10 Å². The van der Waals surface area contributed by atoms with E-state index in [2.05, 4.69) is 0 Å². The van der Waals surface area contributed by atoms with Crippen LogP contribution in [0.3, 0.4) is 0 Å². The standard InChI is InChI=1S/C9H18O2/c1-5-6-7(10)8(11)9(2,3)4/h7,10H,5-6H2,1-4H3. The van der Waals surface area contributed by atoms with Gasteiger partial charge in [0.25, 0.3) is 0 Å². The Kier molecular flexibility index (Phi) is 3.73. The highest BCUT2D eigenvalue weighted by Crippen LogP contribution is 2.18. The van der Waals surface area contributed by atoms with Gasteiger partial charge < -0.3 is 5.11 Å². The maximum absolute atomic E-state index is 11.3. The van der Waals surface area contributed by atoms with Crippen molar-refractivity contribution < 1.29 is 9.90 Å². The number of carbonyl (C=O) groups excluding carboxylic acids is 1. The van der Waals surface area contributed by atoms with E-state index in [1.807, 2.05) is 27.7 Å². The van der Waals surface area contributed by atoms with Gasteiger partial charge >= 0.3 is 0 Å². The molecule has 0 aliphatic rings. The Bertz CT molecular complexity index is 133. The number of Topliss-reactive ketones (excluding diaryl/α,β-unsaturated/α-hetero) is 1. The number of ketones is 1. The van der Waals surface area contributed by atoms with Gasteiger partial charge in [-0.2, -0.15) is 0 Å². The van der Waals surface area contributed by atoms with E-state index in [0.29, 0.717) is 6.42 Å². The zero-order valence-electron chi connectivity index (χ0n) is 7.85. The number of aliphatic hydroxyl groups excluding tert-OH is 1. The van der Waals surface area contributed by atoms with Crippen LogP contribution in [0, 0.1) is 5.41 Å². The van der Waals surface area contributed by atoms with Crippen LogP contribution < -0.4 is 0 Å². The highest BCUT2D eigenvalue weighted by Gasteiger charge is 2.27. The molecule has 0 radical (unpaired) electrons. The number of carbonyl (C=O) groups is 1. The SMILES string of the molecule is CCCC(O)C(=O)C(C)(C)C. The third kappa shape index (κ3) is 3.51. The van der Waals surface area contributed by atoms with Crippen molar-refractivity contribution in [1.29, 1.82) is 0 Å². The molecule has 1 unspecified atom stereocenters. The molecule has 1 N–H and O–H groups in total. The van der Waals surface area contributed by atoms with Crippen LogP contribution in [0.4, 0.5) is 0 Å². The molecule has 0 amide bonds. The third-order valence-corrected chi connectivity index (χ3v) is 1.60. The van der Waals surface area contributed by atoms with Crippen molar-refractivity contribution in [3.8, 4) is 0 Å². The first kappa shape index (κ1) is 10.6. The van der Waals surface area contributed by atoms with Crippen molar-refractivity contribution >= 4 is 5.78 Å². The zero-order valence-corrected chi connectivity index (χ0v) is 7.85. The Balaban J connectivity index is 4.03. The molecule has 0 aromatic heterocycles. The molecule has 0 aromatic rings. The summed E-state index contributed by atoms with van der Waals surface area (Å²) < 4.78 is 0. The first-order valence-corrected chi connectivity index (χ1v) is 4.12. The zero-order chi connectivity index (χ0) is 9.07. The number of rotatable bonds is 3. The predicted molar refractivity (Wildman–Crippen MR) is 45.4 cm³/mol. The molecule has 0 bridgehead atoms. The van der Waals surface area contributed by atoms with Crippen LogP contribution in [-0.2, 0) is 4.79 Å². The second kappa shape index (κ2) is 3.86. The molecule has 0 rings (SSSR count). The summed E-state index contributed by atoms with van der Waals surface area (Å²) in [6, 6.07) is 0. The monoisotopic (exact) mass is 158 g/mol. The minimum absolute atomic E-state index is 0.0562. The van der Waals surface area contributed by atoms with E-state index in [9.17, 15) is 9.90 Å². The molecule has 0 aliphatic heterocycles. The molecule has 2 heteroatoms. The Morgan fingerprint density at radius 1 is 1.45 bits per heavy atom. The molecule has 11 heavy (non-hydrogen) atoms. The van der Waals surface area contributed by atoms with Crippen LogP contribution in [-0.4, -0.2) is 17.0 Å². The third-order valence-electron chi connectivity index (χ3n) is 1.60. The molecule has 0 spiro atoms. The van der Waals surface area contributed by atoms with Gasteiger partial charge in [-0.3, -0.25) is 4.79 Å². The summed E-state index contributed by atoms with van der Waals surface area (Å²) in [5.74, 6) is -0.0562. The van der Waals surface area contributed by atoms with Gasteiger partial charge in [0, 0.05) is 5.41 Å². The summed E-state index contributed by atoms with van der Waals surface area (Å²) in [5.41, 5.74) is -0.408. The largest absolute Gasteiger partial charge is 0.385 e. The molecular formula is C9H18O2. The first-order valence-electron chi connectivity index (χ1n) is 4.12. The summed E-state index contributed by atoms with van der Waals surface area (Å²) in [6.45, 7) is 7.44. The Hall–Kier alpha value is -0.370. The van der Waals surface area contributed by atoms with Crippen LogP contribution in [0.5, 0.6) is 0 Å². The summed E-state index contributed by atoms with van der Waals surface area (Å²) in [5, 5.41) is 9.30. The maximum Gasteiger partial charge on any atom is 0.166 e. The van der Waals surface area contributed by atoms with E-state index >= 15 is 0 Å². The highest BCUT2D eigenvalue weighted by atomic mass is 16.3. The molecule has 0 saturated carbocycles. The molecule has 1 atom stereocenters. The molecule has 0 aliphatic carbocycles. The fraction of sp³-hybridized carbons (Fsp3) is 0.889. The van der Waals surface area contributed by atoms with Gasteiger partial charge in [-0.1, -0.05) is 34.1 Å². The lowest BCUT2D eigenvalue weighted by atomic mass is 9.86. The minimum Gasteiger partial charge on any atom is -0.385 e. The van der Waals surface area contributed by atoms with Crippen molar-refractivity contribution in [1.82, 2.24) is 0 Å². The molecule has 0 saturated heterocycles. The average Bonchev–Trinajstić information content (AvgIpc) is 1.85. The van der Waals surface area contributed by atoms with E-state index in [1.54, 1.807) is 0 Å². The Morgan fingerprint density at radius 3 is 2.18 bits per heavy atom. The summed E-state index contributed by atoms with van der Waals surface area (Å²) >= 11 is 0. The second-order valence-electron chi connectivity index (χ2n) is 3.92. The number of hydrogen-bond acceptors (Lipinski definition) is 2. The van der Waals surface area contributed by atoms with Gasteiger partial charge in [-0.15, -0.1) is 0 Å². The van der Waals surface area contributed by atoms with E-state index < -0.39 is 11.5 Å². The lowest BCUT2D eigenvalue weighted by molar-refractivity contribution is -0.135. The van der Waals surface area contributed by atoms with Crippen molar-refractivity contribution in [2.45, 2.75) is 46.6 Å². The predicted octanol–water partition coefficient (Wildman–Crippen LogP) is 1.76. The molecule has 2 nitrogen and oxygen atoms in total. The molecule has 0 heterocycles. The first-order chi connectivity index (χ1) is 4.89. The van der Waals surface area contributed by atoms with Crippen LogP contribution >= 0.6 is 0 Å². The Labute approximate surface area is 68.6 Å². The van der Waals surface area contributed by atoms with E-state index in [4.69, 9.17) is 0 Å². The van der Waals surface area contributed by atoms with Gasteiger partial charge in [0.15, 0.2) is 5.78 Å².